The van der Waals surface area contributed by atoms with Crippen LogP contribution in [0.5, 0.6) is 5.75 Å². The van der Waals surface area contributed by atoms with Crippen molar-refractivity contribution in [3.8, 4) is 17.1 Å². The van der Waals surface area contributed by atoms with Crippen LogP contribution in [0, 0.1) is 10.1 Å². The summed E-state index contributed by atoms with van der Waals surface area (Å²) in [6.45, 7) is 1.73. The highest BCUT2D eigenvalue weighted by Crippen LogP contribution is 2.36. The predicted molar refractivity (Wildman–Crippen MR) is 109 cm³/mol. The molecule has 30 heavy (non-hydrogen) atoms. The molecule has 10 nitrogen and oxygen atoms in total. The molecule has 1 aromatic heterocycles. The number of carbonyl (C=O) groups excluding carboxylic acids is 1. The normalized spacial score (nSPS) is 15.3. The standard InChI is InChI=1S/C20H18N6O4/c1-11-16(18(21)27)17(12-3-7-14(8-4-12)26(28)29)25-20(22-11)23-19(24-25)13-5-9-15(30-2)10-6-13/h3-10,17H,1-2H3,(H2,21,27)(H,22,23,24). The second-order valence-corrected chi connectivity index (χ2v) is 6.71. The van der Waals surface area contributed by atoms with Crippen LogP contribution in [0.2, 0.25) is 0 Å². The quantitative estimate of drug-likeness (QED) is 0.490. The minimum Gasteiger partial charge on any atom is -0.497 e. The molecule has 0 bridgehead atoms. The van der Waals surface area contributed by atoms with E-state index in [2.05, 4.69) is 15.4 Å². The fourth-order valence-electron chi connectivity index (χ4n) is 3.42. The molecule has 0 radical (unpaired) electrons. The molecule has 1 amide bonds. The number of aromatic nitrogens is 3. The van der Waals surface area contributed by atoms with Crippen molar-refractivity contribution in [3.05, 3.63) is 75.5 Å². The molecule has 3 aromatic rings. The number of anilines is 1. The molecule has 0 spiro atoms. The van der Waals surface area contributed by atoms with Crippen LogP contribution in [0.1, 0.15) is 18.5 Å². The summed E-state index contributed by atoms with van der Waals surface area (Å²) in [6.07, 6.45) is 0. The van der Waals surface area contributed by atoms with Gasteiger partial charge in [-0.15, -0.1) is 5.10 Å². The van der Waals surface area contributed by atoms with Gasteiger partial charge in [-0.2, -0.15) is 4.98 Å². The number of ether oxygens (including phenoxy) is 1. The molecule has 0 fully saturated rings. The molecule has 1 atom stereocenters. The Bertz CT molecular complexity index is 1170. The second-order valence-electron chi connectivity index (χ2n) is 6.71. The minimum atomic E-state index is -0.668. The highest BCUT2D eigenvalue weighted by atomic mass is 16.6. The average molecular weight is 406 g/mol. The Kier molecular flexibility index (Phi) is 4.66. The van der Waals surface area contributed by atoms with Crippen molar-refractivity contribution >= 4 is 17.5 Å². The molecule has 0 saturated carbocycles. The van der Waals surface area contributed by atoms with Crippen LogP contribution < -0.4 is 15.8 Å². The first-order valence-corrected chi connectivity index (χ1v) is 9.02. The number of primary amides is 1. The van der Waals surface area contributed by atoms with Gasteiger partial charge in [0.25, 0.3) is 5.69 Å². The van der Waals surface area contributed by atoms with Crippen molar-refractivity contribution in [1.29, 1.82) is 0 Å². The lowest BCUT2D eigenvalue weighted by Gasteiger charge is -2.27. The molecular formula is C20H18N6O4. The van der Waals surface area contributed by atoms with Crippen molar-refractivity contribution in [1.82, 2.24) is 14.8 Å². The SMILES string of the molecule is COc1ccc(-c2nc3n(n2)C(c2ccc([N+](=O)[O-])cc2)C(C(N)=O)=C(C)N3)cc1. The van der Waals surface area contributed by atoms with E-state index >= 15 is 0 Å². The first kappa shape index (κ1) is 19.1. The van der Waals surface area contributed by atoms with E-state index in [0.717, 1.165) is 5.56 Å². The van der Waals surface area contributed by atoms with Gasteiger partial charge in [-0.3, -0.25) is 14.9 Å². The molecule has 1 aliphatic heterocycles. The van der Waals surface area contributed by atoms with Crippen molar-refractivity contribution < 1.29 is 14.5 Å². The summed E-state index contributed by atoms with van der Waals surface area (Å²) in [5.41, 5.74) is 7.85. The van der Waals surface area contributed by atoms with E-state index in [9.17, 15) is 14.9 Å². The first-order valence-electron chi connectivity index (χ1n) is 9.02. The lowest BCUT2D eigenvalue weighted by Crippen LogP contribution is -2.31. The van der Waals surface area contributed by atoms with E-state index in [1.807, 2.05) is 12.1 Å². The highest BCUT2D eigenvalue weighted by molar-refractivity contribution is 5.95. The van der Waals surface area contributed by atoms with Crippen molar-refractivity contribution in [3.63, 3.8) is 0 Å². The summed E-state index contributed by atoms with van der Waals surface area (Å²) in [5, 5.41) is 18.6. The van der Waals surface area contributed by atoms with E-state index in [4.69, 9.17) is 10.5 Å². The fraction of sp³-hybridized carbons (Fsp3) is 0.150. The van der Waals surface area contributed by atoms with Gasteiger partial charge in [0, 0.05) is 23.4 Å². The van der Waals surface area contributed by atoms with Gasteiger partial charge in [-0.1, -0.05) is 0 Å². The molecule has 152 valence electrons. The summed E-state index contributed by atoms with van der Waals surface area (Å²) < 4.78 is 6.74. The van der Waals surface area contributed by atoms with Crippen molar-refractivity contribution in [2.24, 2.45) is 5.73 Å². The summed E-state index contributed by atoms with van der Waals surface area (Å²) in [4.78, 5) is 27.3. The Balaban J connectivity index is 1.82. The van der Waals surface area contributed by atoms with Crippen LogP contribution in [0.15, 0.2) is 59.8 Å². The van der Waals surface area contributed by atoms with E-state index < -0.39 is 16.9 Å². The molecule has 3 N–H and O–H groups in total. The lowest BCUT2D eigenvalue weighted by atomic mass is 9.95. The number of rotatable bonds is 5. The molecule has 2 heterocycles. The van der Waals surface area contributed by atoms with E-state index in [1.165, 1.54) is 12.1 Å². The largest absolute Gasteiger partial charge is 0.497 e. The number of nitrogens with one attached hydrogen (secondary N) is 1. The van der Waals surface area contributed by atoms with Crippen molar-refractivity contribution in [2.45, 2.75) is 13.0 Å². The Hall–Kier alpha value is -4.21. The van der Waals surface area contributed by atoms with Crippen LogP contribution in [0.25, 0.3) is 11.4 Å². The van der Waals surface area contributed by atoms with Gasteiger partial charge in [-0.05, 0) is 48.9 Å². The molecule has 0 aliphatic carbocycles. The van der Waals surface area contributed by atoms with Gasteiger partial charge in [0.05, 0.1) is 17.6 Å². The number of nitro benzene ring substituents is 1. The number of hydrogen-bond donors (Lipinski definition) is 2. The van der Waals surface area contributed by atoms with Gasteiger partial charge in [0.15, 0.2) is 5.82 Å². The number of nitro groups is 1. The van der Waals surface area contributed by atoms with Crippen LogP contribution in [0.3, 0.4) is 0 Å². The molecular weight excluding hydrogens is 388 g/mol. The Morgan fingerprint density at radius 3 is 2.43 bits per heavy atom. The number of benzene rings is 2. The smallest absolute Gasteiger partial charge is 0.269 e. The number of carbonyl (C=O) groups is 1. The summed E-state index contributed by atoms with van der Waals surface area (Å²) >= 11 is 0. The van der Waals surface area contributed by atoms with Gasteiger partial charge < -0.3 is 15.8 Å². The number of methoxy groups -OCH3 is 1. The number of nitrogens with zero attached hydrogens (tertiary/aromatic N) is 4. The third kappa shape index (κ3) is 3.24. The number of non-ortho nitro benzene ring substituents is 1. The van der Waals surface area contributed by atoms with E-state index in [0.29, 0.717) is 34.4 Å². The molecule has 1 unspecified atom stereocenters. The van der Waals surface area contributed by atoms with E-state index in [1.54, 1.807) is 43.0 Å². The monoisotopic (exact) mass is 406 g/mol. The third-order valence-corrected chi connectivity index (χ3v) is 4.89. The zero-order chi connectivity index (χ0) is 21.4. The van der Waals surface area contributed by atoms with Crippen LogP contribution in [-0.4, -0.2) is 32.7 Å². The van der Waals surface area contributed by atoms with Crippen LogP contribution in [0.4, 0.5) is 11.6 Å². The Labute approximate surface area is 171 Å². The Morgan fingerprint density at radius 1 is 1.20 bits per heavy atom. The van der Waals surface area contributed by atoms with Crippen LogP contribution in [-0.2, 0) is 4.79 Å². The number of fused-ring (bicyclic) bond motifs is 1. The van der Waals surface area contributed by atoms with Gasteiger partial charge >= 0.3 is 0 Å². The minimum absolute atomic E-state index is 0.0493. The first-order chi connectivity index (χ1) is 14.4. The predicted octanol–water partition coefficient (Wildman–Crippen LogP) is 2.64. The molecule has 2 aromatic carbocycles. The maximum absolute atomic E-state index is 12.2. The number of hydrogen-bond acceptors (Lipinski definition) is 7. The fourth-order valence-corrected chi connectivity index (χ4v) is 3.42. The lowest BCUT2D eigenvalue weighted by molar-refractivity contribution is -0.384. The zero-order valence-corrected chi connectivity index (χ0v) is 16.2. The van der Waals surface area contributed by atoms with E-state index in [-0.39, 0.29) is 5.69 Å². The summed E-state index contributed by atoms with van der Waals surface area (Å²) in [5.74, 6) is 0.978. The van der Waals surface area contributed by atoms with Gasteiger partial charge in [0.2, 0.25) is 11.9 Å². The summed E-state index contributed by atoms with van der Waals surface area (Å²) in [6, 6.07) is 12.5. The number of nitrogens with two attached hydrogens (primary N) is 1. The molecule has 4 rings (SSSR count). The number of amides is 1. The molecule has 10 heteroatoms. The maximum atomic E-state index is 12.2. The zero-order valence-electron chi connectivity index (χ0n) is 16.2. The van der Waals surface area contributed by atoms with Gasteiger partial charge in [0.1, 0.15) is 11.8 Å². The molecule has 0 saturated heterocycles. The summed E-state index contributed by atoms with van der Waals surface area (Å²) in [7, 11) is 1.58. The highest BCUT2D eigenvalue weighted by Gasteiger charge is 2.33. The topological polar surface area (TPSA) is 138 Å². The van der Waals surface area contributed by atoms with Gasteiger partial charge in [-0.25, -0.2) is 4.68 Å². The third-order valence-electron chi connectivity index (χ3n) is 4.89. The Morgan fingerprint density at radius 2 is 1.87 bits per heavy atom. The second kappa shape index (κ2) is 7.32. The molecule has 1 aliphatic rings. The van der Waals surface area contributed by atoms with Crippen LogP contribution >= 0.6 is 0 Å². The van der Waals surface area contributed by atoms with Crippen molar-refractivity contribution in [2.75, 3.05) is 12.4 Å². The average Bonchev–Trinajstić information content (AvgIpc) is 3.16. The maximum Gasteiger partial charge on any atom is 0.269 e. The number of allylic oxidation sites excluding steroid dienone is 1.